The first kappa shape index (κ1) is 14.0. The fourth-order valence-electron chi connectivity index (χ4n) is 1.60. The van der Waals surface area contributed by atoms with E-state index < -0.39 is 27.7 Å². The Hall–Kier alpha value is -1.11. The van der Waals surface area contributed by atoms with Gasteiger partial charge in [-0.25, -0.2) is 8.42 Å². The number of anilines is 1. The van der Waals surface area contributed by atoms with Crippen LogP contribution < -0.4 is 11.5 Å². The van der Waals surface area contributed by atoms with Crippen LogP contribution in [0.15, 0.2) is 24.3 Å². The first-order valence-corrected chi connectivity index (χ1v) is 7.07. The Balaban J connectivity index is 3.02. The molecule has 5 nitrogen and oxygen atoms in total. The molecule has 0 aliphatic rings. The van der Waals surface area contributed by atoms with Gasteiger partial charge in [-0.05, 0) is 17.7 Å². The summed E-state index contributed by atoms with van der Waals surface area (Å²) in [6, 6.07) is 5.91. The Labute approximate surface area is 101 Å². The molecule has 5 N–H and O–H groups in total. The van der Waals surface area contributed by atoms with Gasteiger partial charge in [-0.1, -0.05) is 19.1 Å². The molecule has 17 heavy (non-hydrogen) atoms. The third-order valence-electron chi connectivity index (χ3n) is 2.77. The lowest BCUT2D eigenvalue weighted by molar-refractivity contribution is 0.277. The van der Waals surface area contributed by atoms with E-state index in [-0.39, 0.29) is 5.75 Å². The third-order valence-corrected chi connectivity index (χ3v) is 4.94. The summed E-state index contributed by atoms with van der Waals surface area (Å²) < 4.78 is 23.5. The fourth-order valence-corrected chi connectivity index (χ4v) is 2.86. The zero-order valence-electron chi connectivity index (χ0n) is 9.70. The van der Waals surface area contributed by atoms with Crippen molar-refractivity contribution in [2.24, 2.45) is 5.73 Å². The second kappa shape index (κ2) is 5.48. The lowest BCUT2D eigenvalue weighted by atomic mass is 10.0. The Kier molecular flexibility index (Phi) is 4.50. The van der Waals surface area contributed by atoms with Gasteiger partial charge in [0.1, 0.15) is 5.25 Å². The van der Waals surface area contributed by atoms with Crippen molar-refractivity contribution >= 4 is 15.5 Å². The molecule has 0 saturated carbocycles. The average molecular weight is 258 g/mol. The Morgan fingerprint density at radius 2 is 1.82 bits per heavy atom. The van der Waals surface area contributed by atoms with Crippen LogP contribution in [-0.4, -0.2) is 31.1 Å². The Morgan fingerprint density at radius 3 is 2.24 bits per heavy atom. The van der Waals surface area contributed by atoms with Crippen LogP contribution in [-0.2, 0) is 9.84 Å². The number of benzene rings is 1. The highest BCUT2D eigenvalue weighted by atomic mass is 32.2. The zero-order valence-corrected chi connectivity index (χ0v) is 10.5. The Morgan fingerprint density at radius 1 is 1.29 bits per heavy atom. The molecule has 0 amide bonds. The molecule has 0 fully saturated rings. The number of sulfone groups is 1. The van der Waals surface area contributed by atoms with Crippen molar-refractivity contribution in [3.8, 4) is 0 Å². The van der Waals surface area contributed by atoms with Crippen LogP contribution in [0.25, 0.3) is 0 Å². The van der Waals surface area contributed by atoms with Crippen molar-refractivity contribution in [3.05, 3.63) is 29.8 Å². The minimum atomic E-state index is -3.37. The predicted molar refractivity (Wildman–Crippen MR) is 68.1 cm³/mol. The average Bonchev–Trinajstić information content (AvgIpc) is 2.30. The molecule has 0 aliphatic heterocycles. The first-order valence-electron chi connectivity index (χ1n) is 5.35. The van der Waals surface area contributed by atoms with E-state index in [1.807, 2.05) is 0 Å². The number of nitrogens with two attached hydrogens (primary N) is 2. The second-order valence-electron chi connectivity index (χ2n) is 3.87. The van der Waals surface area contributed by atoms with Gasteiger partial charge in [0.2, 0.25) is 0 Å². The topological polar surface area (TPSA) is 106 Å². The number of hydrogen-bond acceptors (Lipinski definition) is 5. The minimum absolute atomic E-state index is 0.0408. The zero-order chi connectivity index (χ0) is 13.1. The number of rotatable bonds is 5. The lowest BCUT2D eigenvalue weighted by Crippen LogP contribution is -2.37. The molecule has 1 aromatic carbocycles. The quantitative estimate of drug-likeness (QED) is 0.648. The maximum atomic E-state index is 11.7. The van der Waals surface area contributed by atoms with E-state index in [1.54, 1.807) is 24.3 Å². The molecule has 0 heterocycles. The molecule has 0 aliphatic carbocycles. The summed E-state index contributed by atoms with van der Waals surface area (Å²) in [5.41, 5.74) is 12.7. The highest BCUT2D eigenvalue weighted by Gasteiger charge is 2.30. The minimum Gasteiger partial charge on any atom is -0.399 e. The van der Waals surface area contributed by atoms with Gasteiger partial charge in [0.15, 0.2) is 9.84 Å². The molecule has 6 heteroatoms. The van der Waals surface area contributed by atoms with Gasteiger partial charge in [0.25, 0.3) is 0 Å². The van der Waals surface area contributed by atoms with E-state index in [2.05, 4.69) is 0 Å². The van der Waals surface area contributed by atoms with Gasteiger partial charge in [0, 0.05) is 17.5 Å². The molecule has 0 bridgehead atoms. The van der Waals surface area contributed by atoms with E-state index in [9.17, 15) is 13.5 Å². The van der Waals surface area contributed by atoms with Gasteiger partial charge >= 0.3 is 0 Å². The van der Waals surface area contributed by atoms with Crippen molar-refractivity contribution in [3.63, 3.8) is 0 Å². The van der Waals surface area contributed by atoms with Crippen LogP contribution in [0, 0.1) is 0 Å². The predicted octanol–water partition coefficient (Wildman–Crippen LogP) is 0.0642. The molecule has 0 saturated heterocycles. The maximum Gasteiger partial charge on any atom is 0.157 e. The smallest absolute Gasteiger partial charge is 0.157 e. The van der Waals surface area contributed by atoms with Gasteiger partial charge in [-0.15, -0.1) is 0 Å². The second-order valence-corrected chi connectivity index (χ2v) is 6.37. The number of nitrogen functional groups attached to an aromatic ring is 1. The van der Waals surface area contributed by atoms with Crippen molar-refractivity contribution in [1.82, 2.24) is 0 Å². The van der Waals surface area contributed by atoms with Gasteiger partial charge in [-0.3, -0.25) is 0 Å². The molecule has 0 radical (unpaired) electrons. The molecule has 2 atom stereocenters. The highest BCUT2D eigenvalue weighted by Crippen LogP contribution is 2.21. The molecule has 0 unspecified atom stereocenters. The van der Waals surface area contributed by atoms with Crippen LogP contribution in [0.1, 0.15) is 18.5 Å². The van der Waals surface area contributed by atoms with E-state index in [1.165, 1.54) is 6.92 Å². The van der Waals surface area contributed by atoms with Crippen molar-refractivity contribution in [1.29, 1.82) is 0 Å². The lowest BCUT2D eigenvalue weighted by Gasteiger charge is -2.21. The summed E-state index contributed by atoms with van der Waals surface area (Å²) in [7, 11) is -3.37. The van der Waals surface area contributed by atoms with Crippen LogP contribution in [0.5, 0.6) is 0 Å². The largest absolute Gasteiger partial charge is 0.399 e. The van der Waals surface area contributed by atoms with Crippen LogP contribution in [0.3, 0.4) is 0 Å². The van der Waals surface area contributed by atoms with Crippen molar-refractivity contribution < 1.29 is 13.5 Å². The molecule has 0 spiro atoms. The van der Waals surface area contributed by atoms with Crippen LogP contribution >= 0.6 is 0 Å². The molecule has 1 aromatic rings. The SMILES string of the molecule is CCS(=O)(=O)[C@H](CO)[C@@H](N)c1ccc(N)cc1. The summed E-state index contributed by atoms with van der Waals surface area (Å²) in [5.74, 6) is -0.0408. The highest BCUT2D eigenvalue weighted by molar-refractivity contribution is 7.92. The monoisotopic (exact) mass is 258 g/mol. The summed E-state index contributed by atoms with van der Waals surface area (Å²) in [6.45, 7) is 1.05. The van der Waals surface area contributed by atoms with E-state index in [4.69, 9.17) is 11.5 Å². The van der Waals surface area contributed by atoms with Crippen molar-refractivity contribution in [2.75, 3.05) is 18.1 Å². The van der Waals surface area contributed by atoms with Gasteiger partial charge in [-0.2, -0.15) is 0 Å². The normalized spacial score (nSPS) is 15.5. The van der Waals surface area contributed by atoms with Gasteiger partial charge in [0.05, 0.1) is 6.61 Å². The summed E-state index contributed by atoms with van der Waals surface area (Å²) in [5, 5.41) is 8.22. The number of hydrogen-bond donors (Lipinski definition) is 3. The molecular weight excluding hydrogens is 240 g/mol. The van der Waals surface area contributed by atoms with Crippen molar-refractivity contribution in [2.45, 2.75) is 18.2 Å². The van der Waals surface area contributed by atoms with E-state index in [0.29, 0.717) is 11.3 Å². The molecule has 96 valence electrons. The standard InChI is InChI=1S/C11H18N2O3S/c1-2-17(15,16)10(7-14)11(13)8-3-5-9(12)6-4-8/h3-6,10-11,14H,2,7,12-13H2,1H3/t10-,11+/m1/s1. The summed E-state index contributed by atoms with van der Waals surface area (Å²) in [4.78, 5) is 0. The summed E-state index contributed by atoms with van der Waals surface area (Å²) in [6.07, 6.45) is 0. The van der Waals surface area contributed by atoms with Gasteiger partial charge < -0.3 is 16.6 Å². The molecular formula is C11H18N2O3S. The number of aliphatic hydroxyl groups excluding tert-OH is 1. The van der Waals surface area contributed by atoms with E-state index in [0.717, 1.165) is 0 Å². The van der Waals surface area contributed by atoms with E-state index >= 15 is 0 Å². The first-order chi connectivity index (χ1) is 7.92. The molecule has 1 rings (SSSR count). The number of aliphatic hydroxyl groups is 1. The summed E-state index contributed by atoms with van der Waals surface area (Å²) >= 11 is 0. The fraction of sp³-hybridized carbons (Fsp3) is 0.455. The maximum absolute atomic E-state index is 11.7. The Bertz CT molecular complexity index is 456. The van der Waals surface area contributed by atoms with Crippen LogP contribution in [0.4, 0.5) is 5.69 Å². The molecule has 0 aromatic heterocycles. The third kappa shape index (κ3) is 3.18. The van der Waals surface area contributed by atoms with Crippen LogP contribution in [0.2, 0.25) is 0 Å².